The van der Waals surface area contributed by atoms with Gasteiger partial charge in [-0.1, -0.05) is 11.8 Å². The Kier molecular flexibility index (Phi) is 4.59. The van der Waals surface area contributed by atoms with Crippen LogP contribution in [0.3, 0.4) is 0 Å². The molecule has 0 bridgehead atoms. The minimum absolute atomic E-state index is 0.00616. The first-order valence-electron chi connectivity index (χ1n) is 9.83. The summed E-state index contributed by atoms with van der Waals surface area (Å²) in [4.78, 5) is 17.7. The van der Waals surface area contributed by atoms with Crippen LogP contribution < -0.4 is 21.1 Å². The van der Waals surface area contributed by atoms with Gasteiger partial charge in [0.2, 0.25) is 11.9 Å². The third kappa shape index (κ3) is 3.27. The molecular formula is C18H20N8O2S3. The molecule has 0 aliphatic carbocycles. The van der Waals surface area contributed by atoms with Crippen molar-refractivity contribution in [1.29, 1.82) is 0 Å². The lowest BCUT2D eigenvalue weighted by Crippen LogP contribution is -2.40. The molecule has 1 saturated heterocycles. The maximum atomic E-state index is 12.4. The summed E-state index contributed by atoms with van der Waals surface area (Å²) in [5.41, 5.74) is 5.76. The Labute approximate surface area is 190 Å². The zero-order valence-electron chi connectivity index (χ0n) is 16.8. The second kappa shape index (κ2) is 7.25. The number of amides is 1. The summed E-state index contributed by atoms with van der Waals surface area (Å²) in [7, 11) is 0. The van der Waals surface area contributed by atoms with Gasteiger partial charge in [0.1, 0.15) is 11.2 Å². The molecule has 1 fully saturated rings. The van der Waals surface area contributed by atoms with Crippen LogP contribution in [0.15, 0.2) is 16.7 Å². The fraction of sp³-hybridized carbons (Fsp3) is 0.444. The first kappa shape index (κ1) is 19.6. The first-order chi connectivity index (χ1) is 15.0. The molecule has 0 aromatic carbocycles. The Bertz CT molecular complexity index is 1160. The number of nitrogens with zero attached hydrogens (tertiary/aromatic N) is 5. The molecule has 6 heterocycles. The van der Waals surface area contributed by atoms with Crippen LogP contribution in [0.4, 0.5) is 11.1 Å². The van der Waals surface area contributed by atoms with Gasteiger partial charge in [-0.15, -0.1) is 32.9 Å². The fourth-order valence-corrected chi connectivity index (χ4v) is 6.69. The quantitative estimate of drug-likeness (QED) is 0.489. The maximum Gasteiger partial charge on any atom is 0.249 e. The molecule has 1 amide bonds. The van der Waals surface area contributed by atoms with Crippen molar-refractivity contribution in [2.45, 2.75) is 43.8 Å². The molecule has 162 valence electrons. The molecule has 0 radical (unpaired) electrons. The summed E-state index contributed by atoms with van der Waals surface area (Å²) in [5.74, 6) is 0.834. The van der Waals surface area contributed by atoms with Gasteiger partial charge in [-0.2, -0.15) is 0 Å². The van der Waals surface area contributed by atoms with Crippen LogP contribution in [-0.2, 0) is 22.6 Å². The number of thioether (sulfide) groups is 1. The average molecular weight is 477 g/mol. The van der Waals surface area contributed by atoms with E-state index in [0.29, 0.717) is 23.6 Å². The van der Waals surface area contributed by atoms with Gasteiger partial charge in [0.15, 0.2) is 10.3 Å². The van der Waals surface area contributed by atoms with E-state index in [-0.39, 0.29) is 23.4 Å². The summed E-state index contributed by atoms with van der Waals surface area (Å²) in [6.07, 6.45) is 2.53. The van der Waals surface area contributed by atoms with E-state index in [4.69, 9.17) is 4.74 Å². The average Bonchev–Trinajstić information content (AvgIpc) is 3.50. The predicted molar refractivity (Wildman–Crippen MR) is 120 cm³/mol. The molecule has 10 nitrogen and oxygen atoms in total. The van der Waals surface area contributed by atoms with E-state index in [1.807, 2.05) is 10.4 Å². The summed E-state index contributed by atoms with van der Waals surface area (Å²) < 4.78 is 8.13. The van der Waals surface area contributed by atoms with Crippen molar-refractivity contribution in [3.63, 3.8) is 0 Å². The number of carbonyl (C=O) groups is 1. The van der Waals surface area contributed by atoms with Gasteiger partial charge in [-0.3, -0.25) is 15.1 Å². The Hall–Kier alpha value is -2.03. The van der Waals surface area contributed by atoms with E-state index in [1.54, 1.807) is 17.5 Å². The number of ether oxygens (including phenoxy) is 1. The topological polar surface area (TPSA) is 109 Å². The van der Waals surface area contributed by atoms with Crippen molar-refractivity contribution in [2.75, 3.05) is 22.7 Å². The Morgan fingerprint density at radius 1 is 1.45 bits per heavy atom. The normalized spacial score (nSPS) is 20.7. The molecule has 3 aromatic heterocycles. The van der Waals surface area contributed by atoms with Crippen molar-refractivity contribution in [3.8, 4) is 5.00 Å². The van der Waals surface area contributed by atoms with E-state index < -0.39 is 0 Å². The minimum atomic E-state index is -0.197. The highest BCUT2D eigenvalue weighted by atomic mass is 32.2. The maximum absolute atomic E-state index is 12.4. The largest absolute Gasteiger partial charge is 0.370 e. The van der Waals surface area contributed by atoms with Crippen molar-refractivity contribution in [3.05, 3.63) is 27.6 Å². The van der Waals surface area contributed by atoms with Crippen LogP contribution in [0.25, 0.3) is 5.00 Å². The highest BCUT2D eigenvalue weighted by Gasteiger charge is 2.43. The zero-order valence-corrected chi connectivity index (χ0v) is 19.3. The molecule has 1 unspecified atom stereocenters. The summed E-state index contributed by atoms with van der Waals surface area (Å²) >= 11 is 4.49. The Morgan fingerprint density at radius 2 is 2.35 bits per heavy atom. The molecule has 3 aromatic rings. The van der Waals surface area contributed by atoms with Crippen LogP contribution in [0.1, 0.15) is 36.0 Å². The number of hydrogen-bond donors (Lipinski definition) is 3. The van der Waals surface area contributed by atoms with E-state index in [9.17, 15) is 4.79 Å². The van der Waals surface area contributed by atoms with Gasteiger partial charge in [0, 0.05) is 28.4 Å². The minimum Gasteiger partial charge on any atom is -0.370 e. The number of hydrazine groups is 1. The third-order valence-corrected chi connectivity index (χ3v) is 8.25. The highest BCUT2D eigenvalue weighted by molar-refractivity contribution is 7.99. The van der Waals surface area contributed by atoms with Crippen LogP contribution >= 0.6 is 34.4 Å². The molecule has 6 rings (SSSR count). The molecule has 0 spiro atoms. The number of aromatic nitrogens is 4. The molecule has 13 heteroatoms. The van der Waals surface area contributed by atoms with Crippen LogP contribution in [0.2, 0.25) is 0 Å². The zero-order chi connectivity index (χ0) is 21.2. The number of nitrogens with one attached hydrogen (secondary N) is 3. The number of anilines is 2. The molecule has 1 atom stereocenters. The van der Waals surface area contributed by atoms with Crippen LogP contribution in [0.5, 0.6) is 0 Å². The number of rotatable bonds is 4. The van der Waals surface area contributed by atoms with E-state index in [0.717, 1.165) is 17.4 Å². The van der Waals surface area contributed by atoms with E-state index >= 15 is 0 Å². The summed E-state index contributed by atoms with van der Waals surface area (Å²) in [5, 5.41) is 21.4. The van der Waals surface area contributed by atoms with Crippen molar-refractivity contribution >= 4 is 51.4 Å². The monoisotopic (exact) mass is 476 g/mol. The SMILES string of the molecule is CC1(C)Cc2c(sc3c2C2NCNN2c2nnc(SCC(=O)Nc4nccs4)n2-3)CO1. The second-order valence-electron chi connectivity index (χ2n) is 8.05. The summed E-state index contributed by atoms with van der Waals surface area (Å²) in [6, 6.07) is 0. The van der Waals surface area contributed by atoms with Crippen LogP contribution in [0, 0.1) is 0 Å². The number of hydrogen-bond acceptors (Lipinski definition) is 11. The van der Waals surface area contributed by atoms with Gasteiger partial charge in [0.25, 0.3) is 0 Å². The number of fused-ring (bicyclic) bond motifs is 8. The van der Waals surface area contributed by atoms with E-state index in [2.05, 4.69) is 49.7 Å². The lowest BCUT2D eigenvalue weighted by atomic mass is 9.92. The predicted octanol–water partition coefficient (Wildman–Crippen LogP) is 2.25. The molecule has 3 aliphatic rings. The smallest absolute Gasteiger partial charge is 0.249 e. The van der Waals surface area contributed by atoms with Gasteiger partial charge in [-0.25, -0.2) is 15.0 Å². The Balaban J connectivity index is 1.35. The number of thiazole rings is 1. The molecule has 3 aliphatic heterocycles. The number of thiophene rings is 1. The van der Waals surface area contributed by atoms with Gasteiger partial charge in [-0.05, 0) is 19.4 Å². The van der Waals surface area contributed by atoms with Gasteiger partial charge in [0.05, 0.1) is 24.6 Å². The second-order valence-corrected chi connectivity index (χ2v) is 11.0. The van der Waals surface area contributed by atoms with Crippen LogP contribution in [-0.4, -0.2) is 43.7 Å². The van der Waals surface area contributed by atoms with Gasteiger partial charge >= 0.3 is 0 Å². The lowest BCUT2D eigenvalue weighted by molar-refractivity contribution is -0.113. The molecule has 3 N–H and O–H groups in total. The van der Waals surface area contributed by atoms with E-state index in [1.165, 1.54) is 39.1 Å². The van der Waals surface area contributed by atoms with Crippen molar-refractivity contribution in [1.82, 2.24) is 30.5 Å². The highest BCUT2D eigenvalue weighted by Crippen LogP contribution is 2.48. The Morgan fingerprint density at radius 3 is 3.19 bits per heavy atom. The van der Waals surface area contributed by atoms with Gasteiger partial charge < -0.3 is 10.1 Å². The molecular weight excluding hydrogens is 456 g/mol. The first-order valence-corrected chi connectivity index (χ1v) is 12.5. The fourth-order valence-electron chi connectivity index (χ4n) is 4.10. The van der Waals surface area contributed by atoms with Crippen molar-refractivity contribution in [2.24, 2.45) is 0 Å². The lowest BCUT2D eigenvalue weighted by Gasteiger charge is -2.34. The summed E-state index contributed by atoms with van der Waals surface area (Å²) in [6.45, 7) is 5.53. The molecule has 31 heavy (non-hydrogen) atoms. The third-order valence-electron chi connectivity index (χ3n) is 5.43. The molecule has 0 saturated carbocycles. The number of carbonyl (C=O) groups excluding carboxylic acids is 1. The van der Waals surface area contributed by atoms with Crippen molar-refractivity contribution < 1.29 is 9.53 Å². The standard InChI is InChI=1S/C18H20N8O2S3/c1-18(2)5-9-10(6-28-18)31-14-12(9)13-20-8-21-26(13)16-23-24-17(25(14)16)30-7-11(27)22-15-19-3-4-29-15/h3-4,13,20-21H,5-8H2,1-2H3,(H,19,22,27).